The summed E-state index contributed by atoms with van der Waals surface area (Å²) in [6.07, 6.45) is 0.696. The van der Waals surface area contributed by atoms with E-state index in [1.165, 1.54) is 0 Å². The molecule has 0 fully saturated rings. The van der Waals surface area contributed by atoms with Gasteiger partial charge in [0.15, 0.2) is 0 Å². The zero-order valence-corrected chi connectivity index (χ0v) is 11.9. The maximum Gasteiger partial charge on any atom is 0.450 e. The van der Waals surface area contributed by atoms with Gasteiger partial charge in [0.1, 0.15) is 18.5 Å². The van der Waals surface area contributed by atoms with Gasteiger partial charge in [-0.05, 0) is 27.2 Å². The van der Waals surface area contributed by atoms with Crippen LogP contribution >= 0.6 is 15.9 Å². The van der Waals surface area contributed by atoms with Crippen molar-refractivity contribution in [3.8, 4) is 0 Å². The van der Waals surface area contributed by atoms with Crippen molar-refractivity contribution in [3.63, 3.8) is 0 Å². The third kappa shape index (κ3) is 9.08. The van der Waals surface area contributed by atoms with Gasteiger partial charge in [-0.1, -0.05) is 15.9 Å². The zero-order valence-electron chi connectivity index (χ0n) is 10.4. The average Bonchev–Trinajstić information content (AvgIpc) is 2.20. The Kier molecular flexibility index (Phi) is 8.11. The molecule has 6 nitrogen and oxygen atoms in total. The lowest BCUT2D eigenvalue weighted by atomic mass is 10.2. The van der Waals surface area contributed by atoms with Gasteiger partial charge in [-0.3, -0.25) is 0 Å². The van der Waals surface area contributed by atoms with Crippen LogP contribution in [0.5, 0.6) is 0 Å². The number of carbonyl (C=O) groups excluding carboxylic acids is 2. The second-order valence-electron chi connectivity index (χ2n) is 4.19. The van der Waals surface area contributed by atoms with Crippen LogP contribution in [0.25, 0.3) is 0 Å². The van der Waals surface area contributed by atoms with Gasteiger partial charge in [-0.25, -0.2) is 15.1 Å². The van der Waals surface area contributed by atoms with Gasteiger partial charge in [0, 0.05) is 11.9 Å². The monoisotopic (exact) mass is 310 g/mol. The van der Waals surface area contributed by atoms with Gasteiger partial charge in [0.05, 0.1) is 0 Å². The van der Waals surface area contributed by atoms with E-state index in [-0.39, 0.29) is 6.61 Å². The number of alkyl halides is 1. The van der Waals surface area contributed by atoms with Gasteiger partial charge in [-0.15, -0.1) is 5.17 Å². The molecule has 100 valence electrons. The Balaban J connectivity index is 4.23. The van der Waals surface area contributed by atoms with Crippen LogP contribution in [0.15, 0.2) is 0 Å². The smallest absolute Gasteiger partial charge is 0.441 e. The number of carbonyl (C=O) groups is 2. The van der Waals surface area contributed by atoms with E-state index in [0.717, 1.165) is 16.9 Å². The fourth-order valence-corrected chi connectivity index (χ4v) is 1.10. The molecule has 0 aromatic heterocycles. The molecule has 0 aliphatic rings. The topological polar surface area (TPSA) is 67.9 Å². The van der Waals surface area contributed by atoms with Crippen LogP contribution in [-0.2, 0) is 14.4 Å². The molecule has 1 N–H and O–H groups in total. The van der Waals surface area contributed by atoms with Gasteiger partial charge < -0.3 is 9.53 Å². The molecular weight excluding hydrogens is 292 g/mol. The Morgan fingerprint density at radius 2 is 2.12 bits per heavy atom. The molecule has 0 aliphatic heterocycles. The lowest BCUT2D eigenvalue weighted by molar-refractivity contribution is -0.177. The van der Waals surface area contributed by atoms with E-state index in [1.807, 2.05) is 0 Å². The number of hydrogen-bond acceptors (Lipinski definition) is 5. The lowest BCUT2D eigenvalue weighted by Gasteiger charge is -2.26. The second kappa shape index (κ2) is 8.43. The molecule has 0 unspecified atom stereocenters. The van der Waals surface area contributed by atoms with Crippen molar-refractivity contribution in [2.45, 2.75) is 32.8 Å². The summed E-state index contributed by atoms with van der Waals surface area (Å²) in [5, 5.41) is 1.65. The molecule has 0 saturated carbocycles. The first-order valence-corrected chi connectivity index (χ1v) is 6.42. The van der Waals surface area contributed by atoms with Gasteiger partial charge in [-0.2, -0.15) is 0 Å². The molecule has 17 heavy (non-hydrogen) atoms. The van der Waals surface area contributed by atoms with E-state index in [9.17, 15) is 9.59 Å². The molecule has 0 heterocycles. The number of aldehydes is 1. The van der Waals surface area contributed by atoms with E-state index in [4.69, 9.17) is 9.57 Å². The van der Waals surface area contributed by atoms with Gasteiger partial charge in [0.25, 0.3) is 0 Å². The molecule has 0 bridgehead atoms. The number of nitrogens with zero attached hydrogens (tertiary/aromatic N) is 1. The Bertz CT molecular complexity index is 243. The number of rotatable bonds is 7. The molecule has 1 amide bonds. The maximum atomic E-state index is 11.6. The van der Waals surface area contributed by atoms with Crippen molar-refractivity contribution in [1.82, 2.24) is 10.6 Å². The van der Waals surface area contributed by atoms with E-state index >= 15 is 0 Å². The minimum absolute atomic E-state index is 0.208. The van der Waals surface area contributed by atoms with Crippen LogP contribution < -0.4 is 5.43 Å². The van der Waals surface area contributed by atoms with Crippen LogP contribution in [0.3, 0.4) is 0 Å². The number of hydrazine groups is 1. The van der Waals surface area contributed by atoms with E-state index in [0.29, 0.717) is 12.8 Å². The summed E-state index contributed by atoms with van der Waals surface area (Å²) in [6.45, 7) is 5.58. The summed E-state index contributed by atoms with van der Waals surface area (Å²) in [5.41, 5.74) is 2.11. The van der Waals surface area contributed by atoms with Gasteiger partial charge >= 0.3 is 6.09 Å². The van der Waals surface area contributed by atoms with Gasteiger partial charge in [0.2, 0.25) is 0 Å². The molecular formula is C10H19BrN2O4. The fraction of sp³-hybridized carbons (Fsp3) is 0.800. The lowest BCUT2D eigenvalue weighted by Crippen LogP contribution is -2.46. The third-order valence-electron chi connectivity index (χ3n) is 1.40. The quantitative estimate of drug-likeness (QED) is 0.335. The van der Waals surface area contributed by atoms with Crippen molar-refractivity contribution < 1.29 is 19.2 Å². The largest absolute Gasteiger partial charge is 0.450 e. The highest BCUT2D eigenvalue weighted by atomic mass is 79.9. The average molecular weight is 311 g/mol. The summed E-state index contributed by atoms with van der Waals surface area (Å²) in [7, 11) is 0. The number of hydrogen-bond donors (Lipinski definition) is 1. The molecule has 0 aromatic carbocycles. The summed E-state index contributed by atoms with van der Waals surface area (Å²) < 4.78 is 5.10. The summed E-state index contributed by atoms with van der Waals surface area (Å²) >= 11 is 3.27. The molecule has 7 heteroatoms. The molecule has 0 radical (unpaired) electrons. The van der Waals surface area contributed by atoms with Crippen molar-refractivity contribution >= 4 is 28.3 Å². The fourth-order valence-electron chi connectivity index (χ4n) is 0.819. The molecule has 0 aliphatic carbocycles. The first-order valence-electron chi connectivity index (χ1n) is 5.30. The van der Waals surface area contributed by atoms with Crippen LogP contribution in [0.1, 0.15) is 27.2 Å². The van der Waals surface area contributed by atoms with Crippen molar-refractivity contribution in [2.24, 2.45) is 0 Å². The first kappa shape index (κ1) is 16.3. The number of ether oxygens (including phenoxy) is 1. The predicted octanol–water partition coefficient (Wildman–Crippen LogP) is 1.64. The highest BCUT2D eigenvalue weighted by Gasteiger charge is 2.22. The Morgan fingerprint density at radius 1 is 1.47 bits per heavy atom. The molecule has 0 aromatic rings. The van der Waals surface area contributed by atoms with Crippen LogP contribution in [0.4, 0.5) is 4.79 Å². The van der Waals surface area contributed by atoms with Crippen LogP contribution in [0.2, 0.25) is 0 Å². The van der Waals surface area contributed by atoms with Crippen molar-refractivity contribution in [3.05, 3.63) is 0 Å². The number of hydroxylamine groups is 1. The van der Waals surface area contributed by atoms with E-state index in [1.54, 1.807) is 20.8 Å². The number of amides is 1. The Morgan fingerprint density at radius 3 is 2.59 bits per heavy atom. The van der Waals surface area contributed by atoms with Crippen molar-refractivity contribution in [2.75, 3.05) is 18.5 Å². The maximum absolute atomic E-state index is 11.6. The standard InChI is InChI=1S/C10H19BrN2O4/c1-10(2,3)17-9(15)13(16-8-7-14)12-6-4-5-11/h7,12H,4-6,8H2,1-3H3. The van der Waals surface area contributed by atoms with Crippen LogP contribution in [0, 0.1) is 0 Å². The predicted molar refractivity (Wildman–Crippen MR) is 66.5 cm³/mol. The SMILES string of the molecule is CC(C)(C)OC(=O)N(NCCCBr)OCC=O. The van der Waals surface area contributed by atoms with E-state index < -0.39 is 11.7 Å². The number of nitrogens with one attached hydrogen (secondary N) is 1. The molecule has 0 spiro atoms. The minimum Gasteiger partial charge on any atom is -0.441 e. The first-order chi connectivity index (χ1) is 7.90. The Hall–Kier alpha value is -0.660. The highest BCUT2D eigenvalue weighted by Crippen LogP contribution is 2.09. The number of halogens is 1. The molecule has 0 saturated heterocycles. The third-order valence-corrected chi connectivity index (χ3v) is 1.96. The minimum atomic E-state index is -0.672. The van der Waals surface area contributed by atoms with E-state index in [2.05, 4.69) is 21.4 Å². The van der Waals surface area contributed by atoms with Crippen molar-refractivity contribution in [1.29, 1.82) is 0 Å². The second-order valence-corrected chi connectivity index (χ2v) is 4.98. The zero-order chi connectivity index (χ0) is 13.3. The molecule has 0 atom stereocenters. The molecule has 0 rings (SSSR count). The normalized spacial score (nSPS) is 11.1. The summed E-state index contributed by atoms with van der Waals surface area (Å²) in [5.74, 6) is 0. The summed E-state index contributed by atoms with van der Waals surface area (Å²) in [4.78, 5) is 26.8. The summed E-state index contributed by atoms with van der Waals surface area (Å²) in [6, 6.07) is 0. The Labute approximate surface area is 110 Å². The highest BCUT2D eigenvalue weighted by molar-refractivity contribution is 9.09. The van der Waals surface area contributed by atoms with Crippen LogP contribution in [-0.4, -0.2) is 41.6 Å².